The van der Waals surface area contributed by atoms with Crippen LogP contribution in [0.2, 0.25) is 0 Å². The molecule has 0 aliphatic carbocycles. The molecule has 1 aromatic carbocycles. The number of nitrogens with zero attached hydrogens (tertiary/aromatic N) is 2. The predicted octanol–water partition coefficient (Wildman–Crippen LogP) is 1.77. The quantitative estimate of drug-likeness (QED) is 0.791. The van der Waals surface area contributed by atoms with Gasteiger partial charge in [-0.2, -0.15) is 0 Å². The number of anilines is 1. The molecule has 1 aliphatic heterocycles. The second-order valence-corrected chi connectivity index (χ2v) is 4.83. The average Bonchev–Trinajstić information content (AvgIpc) is 2.40. The van der Waals surface area contributed by atoms with Gasteiger partial charge in [0.05, 0.1) is 11.9 Å². The van der Waals surface area contributed by atoms with E-state index in [1.165, 1.54) is 5.69 Å². The minimum atomic E-state index is 0.262. The number of hydrogen-bond acceptors (Lipinski definition) is 3. The Balaban J connectivity index is 1.84. The van der Waals surface area contributed by atoms with Crippen molar-refractivity contribution >= 4 is 27.4 Å². The second kappa shape index (κ2) is 6.17. The van der Waals surface area contributed by atoms with Crippen LogP contribution < -0.4 is 4.90 Å². The third kappa shape index (κ3) is 3.54. The van der Waals surface area contributed by atoms with Crippen LogP contribution in [0.25, 0.3) is 0 Å². The first kappa shape index (κ1) is 12.6. The number of Topliss-reactive ketones (excluding diaryl/α,β-unsaturated/α-hetero) is 1. The molecule has 2 rings (SSSR count). The van der Waals surface area contributed by atoms with Crippen LogP contribution in [0.4, 0.5) is 5.69 Å². The van der Waals surface area contributed by atoms with Gasteiger partial charge in [-0.05, 0) is 12.1 Å². The maximum absolute atomic E-state index is 11.3. The fourth-order valence-electron chi connectivity index (χ4n) is 2.09. The van der Waals surface area contributed by atoms with Crippen molar-refractivity contribution in [3.63, 3.8) is 0 Å². The van der Waals surface area contributed by atoms with E-state index in [0.29, 0.717) is 11.9 Å². The Morgan fingerprint density at radius 2 is 1.76 bits per heavy atom. The molecule has 0 radical (unpaired) electrons. The number of halogens is 1. The molecule has 17 heavy (non-hydrogen) atoms. The molecular weight excluding hydrogens is 280 g/mol. The molecule has 3 nitrogen and oxygen atoms in total. The van der Waals surface area contributed by atoms with Gasteiger partial charge >= 0.3 is 0 Å². The van der Waals surface area contributed by atoms with Crippen LogP contribution in [0.5, 0.6) is 0 Å². The van der Waals surface area contributed by atoms with E-state index in [1.54, 1.807) is 0 Å². The fraction of sp³-hybridized carbons (Fsp3) is 0.462. The summed E-state index contributed by atoms with van der Waals surface area (Å²) in [5, 5.41) is 0.464. The summed E-state index contributed by atoms with van der Waals surface area (Å²) >= 11 is 3.20. The molecule has 1 saturated heterocycles. The number of alkyl halides is 1. The van der Waals surface area contributed by atoms with Crippen molar-refractivity contribution in [2.45, 2.75) is 0 Å². The van der Waals surface area contributed by atoms with Crippen LogP contribution in [0.3, 0.4) is 0 Å². The minimum absolute atomic E-state index is 0.262. The molecule has 0 saturated carbocycles. The molecule has 0 unspecified atom stereocenters. The average molecular weight is 297 g/mol. The van der Waals surface area contributed by atoms with Gasteiger partial charge in [0, 0.05) is 31.9 Å². The molecule has 1 fully saturated rings. The number of benzene rings is 1. The Hall–Kier alpha value is -0.870. The van der Waals surface area contributed by atoms with Crippen LogP contribution in [0.15, 0.2) is 30.3 Å². The molecule has 0 spiro atoms. The first-order chi connectivity index (χ1) is 8.29. The zero-order chi connectivity index (χ0) is 12.1. The molecule has 1 heterocycles. The summed E-state index contributed by atoms with van der Waals surface area (Å²) < 4.78 is 0. The van der Waals surface area contributed by atoms with Gasteiger partial charge < -0.3 is 4.90 Å². The van der Waals surface area contributed by atoms with Crippen molar-refractivity contribution in [3.05, 3.63) is 30.3 Å². The summed E-state index contributed by atoms with van der Waals surface area (Å²) in [4.78, 5) is 15.9. The molecule has 0 aromatic heterocycles. The van der Waals surface area contributed by atoms with Gasteiger partial charge in [-0.25, -0.2) is 0 Å². The van der Waals surface area contributed by atoms with Crippen molar-refractivity contribution in [1.82, 2.24) is 4.90 Å². The van der Waals surface area contributed by atoms with E-state index >= 15 is 0 Å². The van der Waals surface area contributed by atoms with Crippen LogP contribution in [0.1, 0.15) is 0 Å². The van der Waals surface area contributed by atoms with E-state index in [2.05, 4.69) is 50.0 Å². The molecular formula is C13H17BrN2O. The van der Waals surface area contributed by atoms with Gasteiger partial charge in [0.2, 0.25) is 0 Å². The van der Waals surface area contributed by atoms with Gasteiger partial charge in [0.15, 0.2) is 5.78 Å². The highest BCUT2D eigenvalue weighted by Crippen LogP contribution is 2.15. The van der Waals surface area contributed by atoms with E-state index in [9.17, 15) is 4.79 Å². The lowest BCUT2D eigenvalue weighted by Gasteiger charge is -2.35. The van der Waals surface area contributed by atoms with Gasteiger partial charge in [-0.3, -0.25) is 9.69 Å². The lowest BCUT2D eigenvalue weighted by Crippen LogP contribution is -2.48. The molecule has 0 N–H and O–H groups in total. The van der Waals surface area contributed by atoms with E-state index in [-0.39, 0.29) is 5.78 Å². The molecule has 0 bridgehead atoms. The van der Waals surface area contributed by atoms with Crippen LogP contribution in [-0.4, -0.2) is 48.7 Å². The summed E-state index contributed by atoms with van der Waals surface area (Å²) in [6.45, 7) is 4.51. The molecule has 0 atom stereocenters. The summed E-state index contributed by atoms with van der Waals surface area (Å²) in [6.07, 6.45) is 0. The topological polar surface area (TPSA) is 23.6 Å². The van der Waals surface area contributed by atoms with E-state index in [0.717, 1.165) is 26.2 Å². The zero-order valence-corrected chi connectivity index (χ0v) is 11.4. The number of rotatable bonds is 4. The van der Waals surface area contributed by atoms with Gasteiger partial charge in [0.1, 0.15) is 0 Å². The minimum Gasteiger partial charge on any atom is -0.369 e. The highest BCUT2D eigenvalue weighted by Gasteiger charge is 2.18. The first-order valence-corrected chi connectivity index (χ1v) is 7.02. The number of hydrogen-bond donors (Lipinski definition) is 0. The van der Waals surface area contributed by atoms with Crippen molar-refractivity contribution in [3.8, 4) is 0 Å². The van der Waals surface area contributed by atoms with Crippen molar-refractivity contribution in [1.29, 1.82) is 0 Å². The van der Waals surface area contributed by atoms with Gasteiger partial charge in [-0.15, -0.1) is 0 Å². The summed E-state index contributed by atoms with van der Waals surface area (Å²) in [6, 6.07) is 10.4. The third-order valence-electron chi connectivity index (χ3n) is 3.04. The van der Waals surface area contributed by atoms with E-state index in [1.807, 2.05) is 6.07 Å². The molecule has 1 aromatic rings. The van der Waals surface area contributed by atoms with E-state index in [4.69, 9.17) is 0 Å². The van der Waals surface area contributed by atoms with Gasteiger partial charge in [0.25, 0.3) is 0 Å². The number of carbonyl (C=O) groups excluding carboxylic acids is 1. The highest BCUT2D eigenvalue weighted by atomic mass is 79.9. The van der Waals surface area contributed by atoms with Crippen molar-refractivity contribution in [2.75, 3.05) is 43.0 Å². The highest BCUT2D eigenvalue weighted by molar-refractivity contribution is 9.09. The summed E-state index contributed by atoms with van der Waals surface area (Å²) in [5.41, 5.74) is 1.28. The lowest BCUT2D eigenvalue weighted by molar-refractivity contribution is -0.117. The molecule has 92 valence electrons. The Morgan fingerprint density at radius 3 is 2.35 bits per heavy atom. The Labute approximate surface area is 111 Å². The van der Waals surface area contributed by atoms with Crippen LogP contribution in [0, 0.1) is 0 Å². The normalized spacial score (nSPS) is 17.1. The summed E-state index contributed by atoms with van der Waals surface area (Å²) in [7, 11) is 0. The largest absolute Gasteiger partial charge is 0.369 e. The standard InChI is InChI=1S/C13H17BrN2O/c14-10-13(17)11-15-6-8-16(9-7-15)12-4-2-1-3-5-12/h1-5H,6-11H2. The number of carbonyl (C=O) groups is 1. The van der Waals surface area contributed by atoms with E-state index < -0.39 is 0 Å². The molecule has 0 amide bonds. The summed E-state index contributed by atoms with van der Waals surface area (Å²) in [5.74, 6) is 0.262. The van der Waals surface area contributed by atoms with Crippen LogP contribution >= 0.6 is 15.9 Å². The number of para-hydroxylation sites is 1. The first-order valence-electron chi connectivity index (χ1n) is 5.89. The smallest absolute Gasteiger partial charge is 0.157 e. The Bertz CT molecular complexity index is 361. The number of piperazine rings is 1. The zero-order valence-electron chi connectivity index (χ0n) is 9.81. The fourth-order valence-corrected chi connectivity index (χ4v) is 2.27. The van der Waals surface area contributed by atoms with Gasteiger partial charge in [-0.1, -0.05) is 34.1 Å². The predicted molar refractivity (Wildman–Crippen MR) is 73.9 cm³/mol. The third-order valence-corrected chi connectivity index (χ3v) is 3.67. The SMILES string of the molecule is O=C(CBr)CN1CCN(c2ccccc2)CC1. The molecule has 4 heteroatoms. The Kier molecular flexibility index (Phi) is 4.57. The maximum atomic E-state index is 11.3. The van der Waals surface area contributed by atoms with Crippen molar-refractivity contribution < 1.29 is 4.79 Å². The molecule has 1 aliphatic rings. The monoisotopic (exact) mass is 296 g/mol. The van der Waals surface area contributed by atoms with Crippen LogP contribution in [-0.2, 0) is 4.79 Å². The second-order valence-electron chi connectivity index (χ2n) is 4.27. The van der Waals surface area contributed by atoms with Crippen molar-refractivity contribution in [2.24, 2.45) is 0 Å². The number of ketones is 1. The lowest BCUT2D eigenvalue weighted by atomic mass is 10.2. The Morgan fingerprint density at radius 1 is 1.12 bits per heavy atom. The maximum Gasteiger partial charge on any atom is 0.157 e.